The minimum Gasteiger partial charge on any atom is -0.493 e. The van der Waals surface area contributed by atoms with Crippen molar-refractivity contribution in [1.82, 2.24) is 5.43 Å². The number of hydrogen-bond donors (Lipinski definition) is 1. The first kappa shape index (κ1) is 23.5. The molecular weight excluding hydrogens is 468 g/mol. The van der Waals surface area contributed by atoms with Crippen molar-refractivity contribution in [1.29, 1.82) is 0 Å². The van der Waals surface area contributed by atoms with Crippen molar-refractivity contribution in [3.05, 3.63) is 93.5 Å². The molecular formula is C26H27BrN2O3. The lowest BCUT2D eigenvalue weighted by Gasteiger charge is -2.18. The fraction of sp³-hybridized carbons (Fsp3) is 0.231. The first-order chi connectivity index (χ1) is 15.3. The number of nitrogens with one attached hydrogen (secondary N) is 1. The Morgan fingerprint density at radius 2 is 1.75 bits per heavy atom. The summed E-state index contributed by atoms with van der Waals surface area (Å²) in [4.78, 5) is 12.4. The van der Waals surface area contributed by atoms with Crippen LogP contribution < -0.4 is 14.9 Å². The Kier molecular flexibility index (Phi) is 7.70. The molecule has 32 heavy (non-hydrogen) atoms. The molecule has 3 aromatic carbocycles. The minimum absolute atomic E-state index is 0.0383. The van der Waals surface area contributed by atoms with E-state index in [9.17, 15) is 4.79 Å². The predicted molar refractivity (Wildman–Crippen MR) is 132 cm³/mol. The van der Waals surface area contributed by atoms with Gasteiger partial charge in [0, 0.05) is 5.56 Å². The third kappa shape index (κ3) is 6.20. The lowest BCUT2D eigenvalue weighted by atomic mass is 9.87. The molecule has 0 heterocycles. The number of hydrogen-bond acceptors (Lipinski definition) is 4. The van der Waals surface area contributed by atoms with Gasteiger partial charge in [-0.15, -0.1) is 0 Å². The van der Waals surface area contributed by atoms with Crippen molar-refractivity contribution in [3.63, 3.8) is 0 Å². The fourth-order valence-corrected chi connectivity index (χ4v) is 3.61. The number of hydrazone groups is 1. The fourth-order valence-electron chi connectivity index (χ4n) is 3.04. The van der Waals surface area contributed by atoms with Gasteiger partial charge in [-0.05, 0) is 62.3 Å². The molecule has 0 saturated carbocycles. The number of rotatable bonds is 7. The number of amides is 1. The molecule has 0 radical (unpaired) electrons. The van der Waals surface area contributed by atoms with Crippen LogP contribution in [0, 0.1) is 0 Å². The zero-order valence-corrected chi connectivity index (χ0v) is 20.3. The maximum Gasteiger partial charge on any atom is 0.271 e. The van der Waals surface area contributed by atoms with Gasteiger partial charge in [0.05, 0.1) is 17.8 Å². The maximum atomic E-state index is 12.4. The van der Waals surface area contributed by atoms with Crippen LogP contribution in [0.5, 0.6) is 11.5 Å². The summed E-state index contributed by atoms with van der Waals surface area (Å²) in [5, 5.41) is 4.09. The van der Waals surface area contributed by atoms with Crippen molar-refractivity contribution >= 4 is 28.1 Å². The molecule has 0 saturated heterocycles. The second-order valence-corrected chi connectivity index (χ2v) is 9.19. The van der Waals surface area contributed by atoms with Crippen LogP contribution in [0.3, 0.4) is 0 Å². The Hall–Kier alpha value is -3.12. The molecule has 0 spiro atoms. The minimum atomic E-state index is -0.268. The van der Waals surface area contributed by atoms with E-state index in [-0.39, 0.29) is 11.3 Å². The van der Waals surface area contributed by atoms with E-state index in [1.807, 2.05) is 60.7 Å². The third-order valence-corrected chi connectivity index (χ3v) is 5.46. The summed E-state index contributed by atoms with van der Waals surface area (Å²) in [6.07, 6.45) is 1.57. The molecule has 166 valence electrons. The highest BCUT2D eigenvalue weighted by atomic mass is 79.9. The predicted octanol–water partition coefficient (Wildman–Crippen LogP) is 6.10. The highest BCUT2D eigenvalue weighted by Gasteiger charge is 2.14. The normalized spacial score (nSPS) is 11.4. The number of benzene rings is 3. The number of nitrogens with zero attached hydrogens (tertiary/aromatic N) is 1. The smallest absolute Gasteiger partial charge is 0.271 e. The van der Waals surface area contributed by atoms with Gasteiger partial charge in [-0.2, -0.15) is 5.10 Å². The second-order valence-electron chi connectivity index (χ2n) is 8.33. The van der Waals surface area contributed by atoms with Crippen molar-refractivity contribution in [2.45, 2.75) is 32.8 Å². The summed E-state index contributed by atoms with van der Waals surface area (Å²) in [6, 6.07) is 21.1. The van der Waals surface area contributed by atoms with E-state index in [1.165, 1.54) is 5.56 Å². The van der Waals surface area contributed by atoms with Crippen LogP contribution in [0.15, 0.2) is 76.3 Å². The van der Waals surface area contributed by atoms with E-state index in [1.54, 1.807) is 19.4 Å². The van der Waals surface area contributed by atoms with E-state index in [0.717, 1.165) is 15.6 Å². The van der Waals surface area contributed by atoms with Gasteiger partial charge in [0.15, 0.2) is 11.5 Å². The molecule has 0 atom stereocenters. The van der Waals surface area contributed by atoms with Gasteiger partial charge in [-0.3, -0.25) is 4.79 Å². The number of carbonyl (C=O) groups is 1. The first-order valence-corrected chi connectivity index (χ1v) is 11.1. The summed E-state index contributed by atoms with van der Waals surface area (Å²) >= 11 is 3.54. The van der Waals surface area contributed by atoms with Gasteiger partial charge in [-0.1, -0.05) is 63.2 Å². The molecule has 0 bridgehead atoms. The van der Waals surface area contributed by atoms with Gasteiger partial charge < -0.3 is 9.47 Å². The third-order valence-electron chi connectivity index (χ3n) is 4.87. The van der Waals surface area contributed by atoms with Gasteiger partial charge >= 0.3 is 0 Å². The average molecular weight is 495 g/mol. The standard InChI is InChI=1S/C26H27BrN2O3/c1-26(2,3)21-12-10-20(11-13-21)25(30)29-28-16-19-14-22(27)24(23(15-19)31-4)32-17-18-8-6-5-7-9-18/h5-16H,17H2,1-4H3,(H,29,30)/b28-16+. The van der Waals surface area contributed by atoms with Crippen LogP contribution >= 0.6 is 15.9 Å². The zero-order valence-electron chi connectivity index (χ0n) is 18.7. The highest BCUT2D eigenvalue weighted by molar-refractivity contribution is 9.10. The first-order valence-electron chi connectivity index (χ1n) is 10.3. The van der Waals surface area contributed by atoms with Crippen molar-refractivity contribution in [2.75, 3.05) is 7.11 Å². The largest absolute Gasteiger partial charge is 0.493 e. The van der Waals surface area contributed by atoms with Crippen LogP contribution in [0.25, 0.3) is 0 Å². The quantitative estimate of drug-likeness (QED) is 0.318. The summed E-state index contributed by atoms with van der Waals surface area (Å²) in [5.41, 5.74) is 6.14. The number of carbonyl (C=O) groups excluding carboxylic acids is 1. The Morgan fingerprint density at radius 1 is 1.06 bits per heavy atom. The van der Waals surface area contributed by atoms with E-state index < -0.39 is 0 Å². The van der Waals surface area contributed by atoms with E-state index in [0.29, 0.717) is 23.7 Å². The van der Waals surface area contributed by atoms with Crippen LogP contribution in [0.4, 0.5) is 0 Å². The van der Waals surface area contributed by atoms with Crippen LogP contribution in [0.1, 0.15) is 47.8 Å². The van der Waals surface area contributed by atoms with E-state index in [4.69, 9.17) is 9.47 Å². The molecule has 0 aliphatic carbocycles. The topological polar surface area (TPSA) is 59.9 Å². The van der Waals surface area contributed by atoms with Crippen molar-refractivity contribution < 1.29 is 14.3 Å². The molecule has 0 aliphatic heterocycles. The molecule has 0 aliphatic rings. The molecule has 3 aromatic rings. The number of methoxy groups -OCH3 is 1. The van der Waals surface area contributed by atoms with Crippen LogP contribution in [-0.2, 0) is 12.0 Å². The second kappa shape index (κ2) is 10.5. The average Bonchev–Trinajstić information content (AvgIpc) is 2.78. The van der Waals surface area contributed by atoms with Crippen molar-refractivity contribution in [3.8, 4) is 11.5 Å². The Labute approximate surface area is 197 Å². The molecule has 0 aromatic heterocycles. The van der Waals surface area contributed by atoms with Gasteiger partial charge in [0.25, 0.3) is 5.91 Å². The highest BCUT2D eigenvalue weighted by Crippen LogP contribution is 2.36. The molecule has 1 N–H and O–H groups in total. The van der Waals surface area contributed by atoms with Crippen LogP contribution in [-0.4, -0.2) is 19.2 Å². The molecule has 3 rings (SSSR count). The Bertz CT molecular complexity index is 1090. The molecule has 5 nitrogen and oxygen atoms in total. The van der Waals surface area contributed by atoms with Gasteiger partial charge in [-0.25, -0.2) is 5.43 Å². The Balaban J connectivity index is 1.66. The Morgan fingerprint density at radius 3 is 2.38 bits per heavy atom. The summed E-state index contributed by atoms with van der Waals surface area (Å²) in [5.74, 6) is 0.910. The summed E-state index contributed by atoms with van der Waals surface area (Å²) in [6.45, 7) is 6.83. The van der Waals surface area contributed by atoms with Gasteiger partial charge in [0.1, 0.15) is 6.61 Å². The SMILES string of the molecule is COc1cc(/C=N/NC(=O)c2ccc(C(C)(C)C)cc2)cc(Br)c1OCc1ccccc1. The summed E-state index contributed by atoms with van der Waals surface area (Å²) < 4.78 is 12.2. The lowest BCUT2D eigenvalue weighted by Crippen LogP contribution is -2.18. The zero-order chi connectivity index (χ0) is 23.1. The molecule has 0 fully saturated rings. The summed E-state index contributed by atoms with van der Waals surface area (Å²) in [7, 11) is 1.58. The monoisotopic (exact) mass is 494 g/mol. The lowest BCUT2D eigenvalue weighted by molar-refractivity contribution is 0.0955. The number of ether oxygens (including phenoxy) is 2. The van der Waals surface area contributed by atoms with E-state index in [2.05, 4.69) is 47.2 Å². The molecule has 1 amide bonds. The maximum absolute atomic E-state index is 12.4. The van der Waals surface area contributed by atoms with E-state index >= 15 is 0 Å². The molecule has 0 unspecified atom stereocenters. The molecule has 6 heteroatoms. The number of halogens is 1. The van der Waals surface area contributed by atoms with Gasteiger partial charge in [0.2, 0.25) is 0 Å². The van der Waals surface area contributed by atoms with Crippen molar-refractivity contribution in [2.24, 2.45) is 5.10 Å². The van der Waals surface area contributed by atoms with Crippen LogP contribution in [0.2, 0.25) is 0 Å².